The summed E-state index contributed by atoms with van der Waals surface area (Å²) < 4.78 is 24.3. The van der Waals surface area contributed by atoms with E-state index in [2.05, 4.69) is 10.2 Å². The topological polar surface area (TPSA) is 50.8 Å². The minimum atomic E-state index is -0.164. The van der Waals surface area contributed by atoms with Crippen molar-refractivity contribution >= 4 is 5.91 Å². The van der Waals surface area contributed by atoms with Crippen LogP contribution in [0.5, 0.6) is 0 Å². The number of amides is 1. The highest BCUT2D eigenvalue weighted by Gasteiger charge is 2.50. The third-order valence-electron chi connectivity index (χ3n) is 4.86. The first kappa shape index (κ1) is 16.4. The fourth-order valence-corrected chi connectivity index (χ4v) is 3.64. The predicted molar refractivity (Wildman–Crippen MR) is 83.3 cm³/mol. The minimum Gasteiger partial charge on any atom is -0.380 e. The summed E-state index contributed by atoms with van der Waals surface area (Å²) in [6, 6.07) is 6.89. The molecule has 23 heavy (non-hydrogen) atoms. The number of halogens is 1. The van der Waals surface area contributed by atoms with Gasteiger partial charge in [0.15, 0.2) is 0 Å². The molecule has 126 valence electrons. The van der Waals surface area contributed by atoms with Crippen molar-refractivity contribution in [2.75, 3.05) is 46.6 Å². The number of hydrogen-bond acceptors (Lipinski definition) is 4. The number of nitrogens with zero attached hydrogens (tertiary/aromatic N) is 1. The Morgan fingerprint density at radius 2 is 2.35 bits per heavy atom. The van der Waals surface area contributed by atoms with Gasteiger partial charge in [-0.05, 0) is 6.07 Å². The van der Waals surface area contributed by atoms with E-state index >= 15 is 0 Å². The SMILES string of the molecule is COCC(=O)NC[C@]12COC[C@H]1CN(Cc1ccccc1F)C2. The van der Waals surface area contributed by atoms with Crippen LogP contribution in [0.1, 0.15) is 5.56 Å². The van der Waals surface area contributed by atoms with Crippen LogP contribution in [0, 0.1) is 17.2 Å². The molecule has 0 aromatic heterocycles. The van der Waals surface area contributed by atoms with Crippen molar-refractivity contribution in [1.29, 1.82) is 0 Å². The van der Waals surface area contributed by atoms with E-state index in [-0.39, 0.29) is 23.7 Å². The molecule has 0 saturated carbocycles. The number of methoxy groups -OCH3 is 1. The van der Waals surface area contributed by atoms with Gasteiger partial charge in [0.1, 0.15) is 12.4 Å². The van der Waals surface area contributed by atoms with Crippen LogP contribution >= 0.6 is 0 Å². The van der Waals surface area contributed by atoms with Crippen molar-refractivity contribution in [2.45, 2.75) is 6.54 Å². The number of carbonyl (C=O) groups is 1. The summed E-state index contributed by atoms with van der Waals surface area (Å²) in [5.41, 5.74) is 0.640. The molecule has 1 aromatic rings. The van der Waals surface area contributed by atoms with E-state index in [4.69, 9.17) is 9.47 Å². The van der Waals surface area contributed by atoms with Gasteiger partial charge in [-0.25, -0.2) is 4.39 Å². The zero-order valence-corrected chi connectivity index (χ0v) is 13.4. The standard InChI is InChI=1S/C17H23FN2O3/c1-22-9-16(21)19-10-17-11-20(7-14(17)8-23-12-17)6-13-4-2-3-5-15(13)18/h2-5,14H,6-12H2,1H3,(H,19,21)/t14-,17+/m1/s1. The highest BCUT2D eigenvalue weighted by atomic mass is 19.1. The van der Waals surface area contributed by atoms with Gasteiger partial charge in [-0.3, -0.25) is 9.69 Å². The van der Waals surface area contributed by atoms with Crippen molar-refractivity contribution in [3.05, 3.63) is 35.6 Å². The lowest BCUT2D eigenvalue weighted by Crippen LogP contribution is -2.44. The van der Waals surface area contributed by atoms with Gasteiger partial charge in [0.25, 0.3) is 0 Å². The molecule has 6 heteroatoms. The molecule has 2 aliphatic rings. The summed E-state index contributed by atoms with van der Waals surface area (Å²) >= 11 is 0. The average Bonchev–Trinajstić information content (AvgIpc) is 3.05. The van der Waals surface area contributed by atoms with Gasteiger partial charge in [0, 0.05) is 50.2 Å². The zero-order chi connectivity index (χ0) is 16.3. The molecule has 5 nitrogen and oxygen atoms in total. The molecule has 1 aromatic carbocycles. The highest BCUT2D eigenvalue weighted by molar-refractivity contribution is 5.77. The molecule has 2 aliphatic heterocycles. The van der Waals surface area contributed by atoms with E-state index < -0.39 is 0 Å². The Balaban J connectivity index is 1.63. The zero-order valence-electron chi connectivity index (χ0n) is 13.4. The first-order valence-corrected chi connectivity index (χ1v) is 7.92. The van der Waals surface area contributed by atoms with E-state index in [0.717, 1.165) is 13.1 Å². The second-order valence-electron chi connectivity index (χ2n) is 6.55. The molecule has 0 aliphatic carbocycles. The number of hydrogen-bond donors (Lipinski definition) is 1. The Morgan fingerprint density at radius 3 is 3.13 bits per heavy atom. The first-order valence-electron chi connectivity index (χ1n) is 7.92. The number of benzene rings is 1. The number of nitrogens with one attached hydrogen (secondary N) is 1. The minimum absolute atomic E-state index is 0.0700. The fourth-order valence-electron chi connectivity index (χ4n) is 3.64. The van der Waals surface area contributed by atoms with Crippen LogP contribution in [0.4, 0.5) is 4.39 Å². The maximum atomic E-state index is 13.8. The van der Waals surface area contributed by atoms with Gasteiger partial charge in [-0.2, -0.15) is 0 Å². The maximum Gasteiger partial charge on any atom is 0.246 e. The van der Waals surface area contributed by atoms with Gasteiger partial charge >= 0.3 is 0 Å². The maximum absolute atomic E-state index is 13.8. The lowest BCUT2D eigenvalue weighted by atomic mass is 9.81. The molecule has 1 amide bonds. The van der Waals surface area contributed by atoms with Gasteiger partial charge in [-0.1, -0.05) is 18.2 Å². The molecule has 2 atom stereocenters. The van der Waals surface area contributed by atoms with Crippen LogP contribution in [0.3, 0.4) is 0 Å². The predicted octanol–water partition coefficient (Wildman–Crippen LogP) is 1.04. The van der Waals surface area contributed by atoms with Crippen molar-refractivity contribution in [2.24, 2.45) is 11.3 Å². The Hall–Kier alpha value is -1.50. The molecule has 1 N–H and O–H groups in total. The fraction of sp³-hybridized carbons (Fsp3) is 0.588. The Kier molecular flexibility index (Phi) is 4.94. The number of carbonyl (C=O) groups excluding carboxylic acids is 1. The summed E-state index contributed by atoms with van der Waals surface area (Å²) in [6.07, 6.45) is 0. The third kappa shape index (κ3) is 3.54. The van der Waals surface area contributed by atoms with E-state index in [9.17, 15) is 9.18 Å². The Labute approximate surface area is 135 Å². The van der Waals surface area contributed by atoms with Gasteiger partial charge in [0.05, 0.1) is 13.2 Å². The summed E-state index contributed by atoms with van der Waals surface area (Å²) in [5, 5.41) is 2.94. The van der Waals surface area contributed by atoms with Crippen LogP contribution in [-0.4, -0.2) is 57.4 Å². The van der Waals surface area contributed by atoms with Crippen LogP contribution in [0.2, 0.25) is 0 Å². The van der Waals surface area contributed by atoms with Gasteiger partial charge in [-0.15, -0.1) is 0 Å². The van der Waals surface area contributed by atoms with E-state index in [1.165, 1.54) is 13.2 Å². The Bertz CT molecular complexity index is 569. The van der Waals surface area contributed by atoms with E-state index in [1.807, 2.05) is 12.1 Å². The van der Waals surface area contributed by atoms with E-state index in [0.29, 0.717) is 37.8 Å². The van der Waals surface area contributed by atoms with Crippen molar-refractivity contribution in [1.82, 2.24) is 10.2 Å². The summed E-state index contributed by atoms with van der Waals surface area (Å²) in [7, 11) is 1.51. The number of ether oxygens (including phenoxy) is 2. The largest absolute Gasteiger partial charge is 0.380 e. The molecular formula is C17H23FN2O3. The molecule has 0 spiro atoms. The highest BCUT2D eigenvalue weighted by Crippen LogP contribution is 2.41. The average molecular weight is 322 g/mol. The number of rotatable bonds is 6. The molecular weight excluding hydrogens is 299 g/mol. The summed E-state index contributed by atoms with van der Waals surface area (Å²) in [4.78, 5) is 13.9. The lowest BCUT2D eigenvalue weighted by Gasteiger charge is -2.27. The summed E-state index contributed by atoms with van der Waals surface area (Å²) in [5.74, 6) is 0.0976. The molecule has 0 unspecified atom stereocenters. The molecule has 0 bridgehead atoms. The number of likely N-dealkylation sites (tertiary alicyclic amines) is 1. The second kappa shape index (κ2) is 6.95. The molecule has 2 saturated heterocycles. The van der Waals surface area contributed by atoms with Crippen molar-refractivity contribution < 1.29 is 18.7 Å². The van der Waals surface area contributed by atoms with Crippen LogP contribution < -0.4 is 5.32 Å². The summed E-state index contributed by atoms with van der Waals surface area (Å²) in [6.45, 7) is 4.26. The second-order valence-corrected chi connectivity index (χ2v) is 6.55. The van der Waals surface area contributed by atoms with Gasteiger partial charge < -0.3 is 14.8 Å². The molecule has 2 heterocycles. The van der Waals surface area contributed by atoms with Crippen LogP contribution in [0.15, 0.2) is 24.3 Å². The molecule has 3 rings (SSSR count). The van der Waals surface area contributed by atoms with Crippen LogP contribution in [-0.2, 0) is 20.8 Å². The molecule has 2 fully saturated rings. The quantitative estimate of drug-likeness (QED) is 0.850. The van der Waals surface area contributed by atoms with Crippen molar-refractivity contribution in [3.8, 4) is 0 Å². The smallest absolute Gasteiger partial charge is 0.246 e. The Morgan fingerprint density at radius 1 is 1.52 bits per heavy atom. The van der Waals surface area contributed by atoms with Crippen LogP contribution in [0.25, 0.3) is 0 Å². The lowest BCUT2D eigenvalue weighted by molar-refractivity contribution is -0.125. The van der Waals surface area contributed by atoms with Crippen molar-refractivity contribution in [3.63, 3.8) is 0 Å². The third-order valence-corrected chi connectivity index (χ3v) is 4.86. The first-order chi connectivity index (χ1) is 11.1. The van der Waals surface area contributed by atoms with E-state index in [1.54, 1.807) is 6.07 Å². The number of fused-ring (bicyclic) bond motifs is 1. The normalized spacial score (nSPS) is 27.1. The van der Waals surface area contributed by atoms with Gasteiger partial charge in [0.2, 0.25) is 5.91 Å². The monoisotopic (exact) mass is 322 g/mol. The molecule has 0 radical (unpaired) electrons.